The normalized spacial score (nSPS) is 11.1. The summed E-state index contributed by atoms with van der Waals surface area (Å²) in [5, 5.41) is 0.700. The maximum Gasteiger partial charge on any atom is 0.237 e. The van der Waals surface area contributed by atoms with Gasteiger partial charge in [-0.05, 0) is 11.1 Å². The molecule has 0 aliphatic carbocycles. The Morgan fingerprint density at radius 1 is 1.57 bits per heavy atom. The number of alkyl halides is 1. The second kappa shape index (κ2) is 5.60. The third kappa shape index (κ3) is 2.45. The highest BCUT2D eigenvalue weighted by Gasteiger charge is 2.06. The number of hydrogen-bond donors (Lipinski definition) is 0. The summed E-state index contributed by atoms with van der Waals surface area (Å²) >= 11 is 3.36. The molecule has 0 aromatic heterocycles. The molecule has 0 aliphatic heterocycles. The zero-order valence-electron chi connectivity index (χ0n) is 7.79. The maximum atomic E-state index is 10.7. The Morgan fingerprint density at radius 3 is 2.86 bits per heavy atom. The van der Waals surface area contributed by atoms with Gasteiger partial charge in [-0.3, -0.25) is 4.79 Å². The van der Waals surface area contributed by atoms with Crippen LogP contribution in [0, 0.1) is 0 Å². The minimum atomic E-state index is 0.433. The lowest BCUT2D eigenvalue weighted by atomic mass is 10.0. The van der Waals surface area contributed by atoms with Gasteiger partial charge in [0, 0.05) is 5.33 Å². The van der Waals surface area contributed by atoms with Gasteiger partial charge in [0.2, 0.25) is 6.29 Å². The number of halogens is 1. The van der Waals surface area contributed by atoms with Crippen molar-refractivity contribution in [2.24, 2.45) is 0 Å². The van der Waals surface area contributed by atoms with Crippen molar-refractivity contribution < 1.29 is 9.53 Å². The lowest BCUT2D eigenvalue weighted by molar-refractivity contribution is 0.340. The molecule has 14 heavy (non-hydrogen) atoms. The van der Waals surface area contributed by atoms with E-state index >= 15 is 0 Å². The predicted molar refractivity (Wildman–Crippen MR) is 59.8 cm³/mol. The second-order valence-corrected chi connectivity index (χ2v) is 3.22. The molecule has 0 amide bonds. The van der Waals surface area contributed by atoms with E-state index in [2.05, 4.69) is 15.9 Å². The molecule has 0 saturated carbocycles. The van der Waals surface area contributed by atoms with Gasteiger partial charge in [-0.2, -0.15) is 0 Å². The molecule has 1 aromatic carbocycles. The van der Waals surface area contributed by atoms with Gasteiger partial charge in [-0.1, -0.05) is 40.2 Å². The van der Waals surface area contributed by atoms with Gasteiger partial charge in [0.1, 0.15) is 0 Å². The first-order valence-electron chi connectivity index (χ1n) is 4.08. The van der Waals surface area contributed by atoms with Crippen molar-refractivity contribution >= 4 is 27.8 Å². The first-order chi connectivity index (χ1) is 6.83. The average Bonchev–Trinajstić information content (AvgIpc) is 2.26. The van der Waals surface area contributed by atoms with Gasteiger partial charge >= 0.3 is 0 Å². The van der Waals surface area contributed by atoms with E-state index in [1.165, 1.54) is 13.4 Å². The topological polar surface area (TPSA) is 26.3 Å². The molecular formula is C11H10BrO2. The van der Waals surface area contributed by atoms with Crippen LogP contribution >= 0.6 is 15.9 Å². The Labute approximate surface area is 91.7 Å². The monoisotopic (exact) mass is 253 g/mol. The molecule has 1 aromatic rings. The van der Waals surface area contributed by atoms with E-state index in [0.717, 1.165) is 11.1 Å². The number of ether oxygens (including phenoxy) is 1. The molecule has 1 radical (unpaired) electrons. The zero-order valence-corrected chi connectivity index (χ0v) is 9.37. The Bertz CT molecular complexity index is 345. The molecule has 0 fully saturated rings. The predicted octanol–water partition coefficient (Wildman–Crippen LogP) is 2.68. The second-order valence-electron chi connectivity index (χ2n) is 2.66. The van der Waals surface area contributed by atoms with Crippen molar-refractivity contribution in [2.75, 3.05) is 7.11 Å². The van der Waals surface area contributed by atoms with Gasteiger partial charge in [0.05, 0.1) is 18.9 Å². The summed E-state index contributed by atoms with van der Waals surface area (Å²) in [6, 6.07) is 7.62. The van der Waals surface area contributed by atoms with Crippen LogP contribution in [-0.4, -0.2) is 13.4 Å². The third-order valence-electron chi connectivity index (χ3n) is 1.80. The van der Waals surface area contributed by atoms with E-state index in [9.17, 15) is 4.79 Å². The Hall–Kier alpha value is -1.09. The van der Waals surface area contributed by atoms with Crippen LogP contribution in [-0.2, 0) is 14.9 Å². The third-order valence-corrected chi connectivity index (χ3v) is 2.40. The molecule has 73 valence electrons. The minimum Gasteiger partial charge on any atom is -0.504 e. The number of methoxy groups -OCH3 is 1. The summed E-state index contributed by atoms with van der Waals surface area (Å²) in [6.45, 7) is 0. The summed E-state index contributed by atoms with van der Waals surface area (Å²) in [6.07, 6.45) is 3.26. The molecule has 1 rings (SSSR count). The number of hydrogen-bond acceptors (Lipinski definition) is 2. The molecule has 0 heterocycles. The molecule has 0 aliphatic rings. The Balaban J connectivity index is 3.15. The highest BCUT2D eigenvalue weighted by molar-refractivity contribution is 9.08. The van der Waals surface area contributed by atoms with Gasteiger partial charge < -0.3 is 4.74 Å². The average molecular weight is 254 g/mol. The molecule has 3 heteroatoms. The van der Waals surface area contributed by atoms with Gasteiger partial charge in [0.15, 0.2) is 0 Å². The smallest absolute Gasteiger partial charge is 0.237 e. The SMILES string of the molecule is COC=C([C]=O)c1ccccc1CBr. The highest BCUT2D eigenvalue weighted by Crippen LogP contribution is 2.19. The fourth-order valence-electron chi connectivity index (χ4n) is 1.16. The number of rotatable bonds is 4. The Morgan fingerprint density at radius 2 is 2.29 bits per heavy atom. The van der Waals surface area contributed by atoms with Crippen LogP contribution in [0.5, 0.6) is 0 Å². The van der Waals surface area contributed by atoms with Crippen LogP contribution in [0.1, 0.15) is 11.1 Å². The van der Waals surface area contributed by atoms with E-state index in [0.29, 0.717) is 10.9 Å². The molecule has 0 atom stereocenters. The first-order valence-corrected chi connectivity index (χ1v) is 5.21. The van der Waals surface area contributed by atoms with Crippen molar-refractivity contribution in [1.29, 1.82) is 0 Å². The van der Waals surface area contributed by atoms with E-state index in [-0.39, 0.29) is 0 Å². The molecule has 0 saturated heterocycles. The molecule has 0 N–H and O–H groups in total. The fraction of sp³-hybridized carbons (Fsp3) is 0.182. The lowest BCUT2D eigenvalue weighted by Gasteiger charge is -2.04. The lowest BCUT2D eigenvalue weighted by Crippen LogP contribution is -1.92. The van der Waals surface area contributed by atoms with Crippen molar-refractivity contribution in [3.63, 3.8) is 0 Å². The van der Waals surface area contributed by atoms with Crippen molar-refractivity contribution in [3.8, 4) is 0 Å². The number of allylic oxidation sites excluding steroid dienone is 1. The van der Waals surface area contributed by atoms with Crippen LogP contribution in [0.4, 0.5) is 0 Å². The highest BCUT2D eigenvalue weighted by atomic mass is 79.9. The van der Waals surface area contributed by atoms with Crippen LogP contribution in [0.25, 0.3) is 5.57 Å². The zero-order chi connectivity index (χ0) is 10.4. The largest absolute Gasteiger partial charge is 0.504 e. The van der Waals surface area contributed by atoms with Crippen molar-refractivity contribution in [3.05, 3.63) is 41.7 Å². The molecule has 0 bridgehead atoms. The summed E-state index contributed by atoms with van der Waals surface area (Å²) < 4.78 is 4.81. The van der Waals surface area contributed by atoms with Crippen molar-refractivity contribution in [2.45, 2.75) is 5.33 Å². The summed E-state index contributed by atoms with van der Waals surface area (Å²) in [5.41, 5.74) is 2.32. The van der Waals surface area contributed by atoms with E-state index < -0.39 is 0 Å². The molecule has 2 nitrogen and oxygen atoms in total. The minimum absolute atomic E-state index is 0.433. The van der Waals surface area contributed by atoms with E-state index in [1.807, 2.05) is 30.6 Å². The quantitative estimate of drug-likeness (QED) is 0.469. The van der Waals surface area contributed by atoms with Crippen LogP contribution in [0.15, 0.2) is 30.5 Å². The molecular weight excluding hydrogens is 244 g/mol. The van der Waals surface area contributed by atoms with Crippen molar-refractivity contribution in [1.82, 2.24) is 0 Å². The van der Waals surface area contributed by atoms with Crippen LogP contribution < -0.4 is 0 Å². The van der Waals surface area contributed by atoms with E-state index in [4.69, 9.17) is 4.74 Å². The molecule has 0 unspecified atom stereocenters. The van der Waals surface area contributed by atoms with Crippen LogP contribution in [0.3, 0.4) is 0 Å². The van der Waals surface area contributed by atoms with Crippen LogP contribution in [0.2, 0.25) is 0 Å². The summed E-state index contributed by atoms with van der Waals surface area (Å²) in [5.74, 6) is 0. The van der Waals surface area contributed by atoms with Gasteiger partial charge in [-0.15, -0.1) is 0 Å². The van der Waals surface area contributed by atoms with Gasteiger partial charge in [-0.25, -0.2) is 0 Å². The fourth-order valence-corrected chi connectivity index (χ4v) is 1.65. The first kappa shape index (κ1) is 11.0. The molecule has 0 spiro atoms. The standard InChI is InChI=1S/C11H10BrO2/c1-14-8-10(7-13)11-5-3-2-4-9(11)6-12/h2-5,8H,6H2,1H3. The van der Waals surface area contributed by atoms with Gasteiger partial charge in [0.25, 0.3) is 0 Å². The summed E-state index contributed by atoms with van der Waals surface area (Å²) in [7, 11) is 1.51. The Kier molecular flexibility index (Phi) is 4.40. The summed E-state index contributed by atoms with van der Waals surface area (Å²) in [4.78, 5) is 10.7. The van der Waals surface area contributed by atoms with E-state index in [1.54, 1.807) is 0 Å². The maximum absolute atomic E-state index is 10.7. The number of benzene rings is 1. The number of carbonyl (C=O) groups excluding carboxylic acids is 1.